The molecule has 1 aromatic heterocycles. The van der Waals surface area contributed by atoms with Gasteiger partial charge in [-0.1, -0.05) is 0 Å². The summed E-state index contributed by atoms with van der Waals surface area (Å²) in [7, 11) is 0. The number of halogens is 5. The second-order valence-corrected chi connectivity index (χ2v) is 8.80. The number of aromatic nitrogens is 1. The number of nitrogens with two attached hydrogens (primary N) is 2. The predicted molar refractivity (Wildman–Crippen MR) is 130 cm³/mol. The minimum atomic E-state index is -2.80. The van der Waals surface area contributed by atoms with Gasteiger partial charge in [0.15, 0.2) is 0 Å². The van der Waals surface area contributed by atoms with Gasteiger partial charge in [-0.15, -0.1) is 0 Å². The first-order chi connectivity index (χ1) is 17.5. The Hall–Kier alpha value is -3.99. The number of hydrogen-bond donors (Lipinski definition) is 3. The number of alkyl halides is 2. The summed E-state index contributed by atoms with van der Waals surface area (Å²) in [6, 6.07) is 9.36. The van der Waals surface area contributed by atoms with E-state index in [0.717, 1.165) is 29.4 Å². The zero-order valence-electron chi connectivity index (χ0n) is 19.5. The molecule has 1 aliphatic carbocycles. The van der Waals surface area contributed by atoms with E-state index >= 15 is 0 Å². The molecular formula is C26H24F5N5O. The van der Waals surface area contributed by atoms with Gasteiger partial charge in [0.2, 0.25) is 5.92 Å². The minimum Gasteiger partial charge on any atom is -0.393 e. The van der Waals surface area contributed by atoms with Crippen molar-refractivity contribution in [2.24, 2.45) is 11.6 Å². The molecule has 1 fully saturated rings. The molecule has 4 rings (SSSR count). The number of benzene rings is 2. The molecule has 0 aliphatic heterocycles. The molecule has 0 spiro atoms. The van der Waals surface area contributed by atoms with Crippen LogP contribution in [0.15, 0.2) is 66.6 Å². The average molecular weight is 518 g/mol. The number of rotatable bonds is 6. The van der Waals surface area contributed by atoms with Crippen LogP contribution >= 0.6 is 0 Å². The normalized spacial score (nSPS) is 15.9. The lowest BCUT2D eigenvalue weighted by Gasteiger charge is -2.29. The lowest BCUT2D eigenvalue weighted by atomic mass is 9.83. The smallest absolute Gasteiger partial charge is 0.273 e. The van der Waals surface area contributed by atoms with Crippen molar-refractivity contribution in [1.82, 2.24) is 4.98 Å². The van der Waals surface area contributed by atoms with Crippen molar-refractivity contribution in [1.29, 1.82) is 0 Å². The fourth-order valence-corrected chi connectivity index (χ4v) is 4.24. The molecule has 0 atom stereocenters. The van der Waals surface area contributed by atoms with Crippen LogP contribution < -0.4 is 21.9 Å². The monoisotopic (exact) mass is 517 g/mol. The van der Waals surface area contributed by atoms with Gasteiger partial charge in [0, 0.05) is 42.3 Å². The largest absolute Gasteiger partial charge is 0.393 e. The first-order valence-corrected chi connectivity index (χ1v) is 11.4. The van der Waals surface area contributed by atoms with Crippen molar-refractivity contribution in [2.75, 3.05) is 10.3 Å². The average Bonchev–Trinajstić information content (AvgIpc) is 2.86. The van der Waals surface area contributed by atoms with Crippen LogP contribution in [0.3, 0.4) is 0 Å². The summed E-state index contributed by atoms with van der Waals surface area (Å²) in [5, 5.41) is 3.60. The highest BCUT2D eigenvalue weighted by atomic mass is 19.3. The number of carbonyl (C=O) groups excluding carboxylic acids is 1. The second kappa shape index (κ2) is 10.6. The van der Waals surface area contributed by atoms with Gasteiger partial charge in [0.1, 0.15) is 23.1 Å². The van der Waals surface area contributed by atoms with Crippen LogP contribution in [0, 0.1) is 17.5 Å². The van der Waals surface area contributed by atoms with Gasteiger partial charge in [-0.3, -0.25) is 14.8 Å². The molecule has 6 nitrogen and oxygen atoms in total. The number of pyridine rings is 1. The summed E-state index contributed by atoms with van der Waals surface area (Å²) < 4.78 is 69.5. The number of nitrogens with one attached hydrogen (secondary N) is 1. The Labute approximate surface area is 209 Å². The van der Waals surface area contributed by atoms with Crippen LogP contribution in [0.5, 0.6) is 0 Å². The summed E-state index contributed by atoms with van der Waals surface area (Å²) in [6.07, 6.45) is 1.89. The number of hydrazine groups is 1. The van der Waals surface area contributed by atoms with Crippen LogP contribution in [0.25, 0.3) is 11.1 Å². The number of nitrogens with zero attached hydrogens (tertiary/aromatic N) is 2. The third-order valence-electron chi connectivity index (χ3n) is 6.21. The van der Waals surface area contributed by atoms with E-state index in [1.807, 2.05) is 0 Å². The highest BCUT2D eigenvalue weighted by Crippen LogP contribution is 2.44. The molecule has 5 N–H and O–H groups in total. The van der Waals surface area contributed by atoms with Gasteiger partial charge >= 0.3 is 0 Å². The summed E-state index contributed by atoms with van der Waals surface area (Å²) in [6.45, 7) is 0. The van der Waals surface area contributed by atoms with Gasteiger partial charge < -0.3 is 11.1 Å². The first-order valence-electron chi connectivity index (χ1n) is 11.4. The standard InChI is InChI=1S/C26H24F5N5O/c27-16-1-4-18(5-2-16)36(33)14-22(32)25(37)35-24-19(20-13-17(28)3-6-21(20)29)9-12-34-23(24)15-7-10-26(30,31)11-8-15/h1-6,9,12-15H,7-8,10-11,32-33H2,(H,35,37)/b22-14-. The molecule has 0 saturated heterocycles. The number of anilines is 2. The molecule has 1 saturated carbocycles. The molecule has 194 valence electrons. The van der Waals surface area contributed by atoms with Crippen LogP contribution in [0.1, 0.15) is 37.3 Å². The van der Waals surface area contributed by atoms with E-state index in [4.69, 9.17) is 11.6 Å². The molecule has 11 heteroatoms. The Morgan fingerprint density at radius 3 is 2.32 bits per heavy atom. The van der Waals surface area contributed by atoms with Crippen LogP contribution in [-0.2, 0) is 4.79 Å². The Morgan fingerprint density at radius 1 is 1.00 bits per heavy atom. The number of hydrogen-bond acceptors (Lipinski definition) is 5. The Kier molecular flexibility index (Phi) is 7.44. The lowest BCUT2D eigenvalue weighted by molar-refractivity contribution is -0.112. The quantitative estimate of drug-likeness (QED) is 0.172. The molecule has 37 heavy (non-hydrogen) atoms. The molecule has 1 aliphatic rings. The fraction of sp³-hybridized carbons (Fsp3) is 0.231. The zero-order valence-corrected chi connectivity index (χ0v) is 19.5. The Morgan fingerprint density at radius 2 is 1.65 bits per heavy atom. The third kappa shape index (κ3) is 6.05. The summed E-state index contributed by atoms with van der Waals surface area (Å²) in [5.41, 5.74) is 6.19. The highest BCUT2D eigenvalue weighted by Gasteiger charge is 2.37. The summed E-state index contributed by atoms with van der Waals surface area (Å²) >= 11 is 0. The predicted octanol–water partition coefficient (Wildman–Crippen LogP) is 5.58. The maximum Gasteiger partial charge on any atom is 0.273 e. The van der Waals surface area contributed by atoms with E-state index in [2.05, 4.69) is 10.3 Å². The fourth-order valence-electron chi connectivity index (χ4n) is 4.24. The molecule has 3 aromatic rings. The minimum absolute atomic E-state index is 0.0360. The molecule has 0 radical (unpaired) electrons. The molecule has 2 aromatic carbocycles. The molecule has 1 amide bonds. The van der Waals surface area contributed by atoms with Crippen molar-refractivity contribution in [3.8, 4) is 11.1 Å². The van der Waals surface area contributed by atoms with Crippen LogP contribution in [0.2, 0.25) is 0 Å². The number of carbonyl (C=O) groups is 1. The molecular weight excluding hydrogens is 493 g/mol. The Balaban J connectivity index is 1.70. The SMILES string of the molecule is N/C(=C\N(N)c1ccc(F)cc1)C(=O)Nc1c(-c2cc(F)ccc2F)ccnc1C1CCC(F)(F)CC1. The summed E-state index contributed by atoms with van der Waals surface area (Å²) in [4.78, 5) is 17.4. The zero-order chi connectivity index (χ0) is 26.7. The molecule has 0 unspecified atom stereocenters. The van der Waals surface area contributed by atoms with Gasteiger partial charge in [-0.05, 0) is 61.4 Å². The van der Waals surface area contributed by atoms with Gasteiger partial charge in [-0.25, -0.2) is 27.8 Å². The van der Waals surface area contributed by atoms with Crippen molar-refractivity contribution in [3.63, 3.8) is 0 Å². The molecule has 1 heterocycles. The summed E-state index contributed by atoms with van der Waals surface area (Å²) in [5.74, 6) is -0.130. The van der Waals surface area contributed by atoms with E-state index in [-0.39, 0.29) is 53.9 Å². The lowest BCUT2D eigenvalue weighted by Crippen LogP contribution is -2.30. The third-order valence-corrected chi connectivity index (χ3v) is 6.21. The second-order valence-electron chi connectivity index (χ2n) is 8.80. The van der Waals surface area contributed by atoms with E-state index in [1.165, 1.54) is 36.5 Å². The van der Waals surface area contributed by atoms with E-state index < -0.39 is 35.2 Å². The van der Waals surface area contributed by atoms with Gasteiger partial charge in [-0.2, -0.15) is 0 Å². The number of amides is 1. The Bertz CT molecular complexity index is 1320. The highest BCUT2D eigenvalue weighted by molar-refractivity contribution is 6.06. The van der Waals surface area contributed by atoms with Crippen LogP contribution in [-0.4, -0.2) is 16.8 Å². The van der Waals surface area contributed by atoms with Crippen molar-refractivity contribution in [2.45, 2.75) is 37.5 Å². The maximum absolute atomic E-state index is 14.7. The maximum atomic E-state index is 14.7. The van der Waals surface area contributed by atoms with Crippen molar-refractivity contribution in [3.05, 3.63) is 89.8 Å². The van der Waals surface area contributed by atoms with Crippen molar-refractivity contribution >= 4 is 17.3 Å². The van der Waals surface area contributed by atoms with Crippen molar-refractivity contribution < 1.29 is 26.7 Å². The van der Waals surface area contributed by atoms with Gasteiger partial charge in [0.05, 0.1) is 17.1 Å². The van der Waals surface area contributed by atoms with Gasteiger partial charge in [0.25, 0.3) is 5.91 Å². The molecule has 0 bridgehead atoms. The van der Waals surface area contributed by atoms with E-state index in [9.17, 15) is 26.7 Å². The topological polar surface area (TPSA) is 97.3 Å². The first kappa shape index (κ1) is 26.1. The van der Waals surface area contributed by atoms with Crippen LogP contribution in [0.4, 0.5) is 33.3 Å². The van der Waals surface area contributed by atoms with E-state index in [1.54, 1.807) is 0 Å². The van der Waals surface area contributed by atoms with E-state index in [0.29, 0.717) is 5.69 Å².